The molecule has 0 bridgehead atoms. The van der Waals surface area contributed by atoms with Crippen molar-refractivity contribution in [2.75, 3.05) is 19.4 Å². The number of rotatable bonds is 10. The predicted octanol–water partition coefficient (Wildman–Crippen LogP) is 0.0937. The standard InChI is InChI=1S/C13H28N3O5S/c1-6-7-16(13(14)18)21-8-11(10(4)17)12(9(2)3)15-22(5,19)20/h9-12,15,17H,1,6-8H2,2-5H3,(H2,14,18). The number of hydrogen-bond donors (Lipinski definition) is 3. The Hall–Kier alpha value is -0.900. The average molecular weight is 338 g/mol. The van der Waals surface area contributed by atoms with Crippen LogP contribution in [0, 0.1) is 18.8 Å². The van der Waals surface area contributed by atoms with Crippen LogP contribution in [0.2, 0.25) is 0 Å². The van der Waals surface area contributed by atoms with E-state index in [1.807, 2.05) is 13.8 Å². The molecule has 0 aromatic rings. The van der Waals surface area contributed by atoms with Crippen LogP contribution < -0.4 is 10.5 Å². The first-order chi connectivity index (χ1) is 9.99. The van der Waals surface area contributed by atoms with E-state index in [4.69, 9.17) is 10.6 Å². The highest BCUT2D eigenvalue weighted by Gasteiger charge is 2.31. The number of amides is 2. The molecule has 0 aromatic carbocycles. The summed E-state index contributed by atoms with van der Waals surface area (Å²) in [6.07, 6.45) is 0.634. The SMILES string of the molecule is [CH2]CCN(OCC(C(C)O)C(NS(C)(=O)=O)C(C)C)C(N)=O. The zero-order valence-corrected chi connectivity index (χ0v) is 14.5. The monoisotopic (exact) mass is 338 g/mol. The smallest absolute Gasteiger partial charge is 0.338 e. The average Bonchev–Trinajstić information content (AvgIpc) is 2.33. The summed E-state index contributed by atoms with van der Waals surface area (Å²) >= 11 is 0. The molecular weight excluding hydrogens is 310 g/mol. The summed E-state index contributed by atoms with van der Waals surface area (Å²) in [6.45, 7) is 8.99. The van der Waals surface area contributed by atoms with E-state index in [9.17, 15) is 18.3 Å². The van der Waals surface area contributed by atoms with Crippen LogP contribution in [0.5, 0.6) is 0 Å². The summed E-state index contributed by atoms with van der Waals surface area (Å²) < 4.78 is 25.5. The third-order valence-corrected chi connectivity index (χ3v) is 3.88. The van der Waals surface area contributed by atoms with Gasteiger partial charge in [0.1, 0.15) is 0 Å². The van der Waals surface area contributed by atoms with E-state index in [-0.39, 0.29) is 19.1 Å². The Bertz CT molecular complexity index is 439. The van der Waals surface area contributed by atoms with Gasteiger partial charge in [0.2, 0.25) is 10.0 Å². The van der Waals surface area contributed by atoms with Gasteiger partial charge in [-0.1, -0.05) is 20.8 Å². The van der Waals surface area contributed by atoms with Gasteiger partial charge in [0.15, 0.2) is 0 Å². The molecule has 0 aromatic heterocycles. The van der Waals surface area contributed by atoms with Crippen molar-refractivity contribution in [1.29, 1.82) is 0 Å². The Kier molecular flexibility index (Phi) is 8.91. The molecular formula is C13H28N3O5S. The highest BCUT2D eigenvalue weighted by atomic mass is 32.2. The number of nitrogens with one attached hydrogen (secondary N) is 1. The summed E-state index contributed by atoms with van der Waals surface area (Å²) in [4.78, 5) is 16.6. The largest absolute Gasteiger partial charge is 0.393 e. The molecule has 0 saturated carbocycles. The third-order valence-electron chi connectivity index (χ3n) is 3.18. The lowest BCUT2D eigenvalue weighted by atomic mass is 9.88. The second-order valence-corrected chi connectivity index (χ2v) is 7.43. The first kappa shape index (κ1) is 21.1. The molecule has 0 saturated heterocycles. The van der Waals surface area contributed by atoms with Gasteiger partial charge in [-0.05, 0) is 19.3 Å². The zero-order chi connectivity index (χ0) is 17.5. The van der Waals surface area contributed by atoms with Gasteiger partial charge < -0.3 is 10.8 Å². The predicted molar refractivity (Wildman–Crippen MR) is 84.0 cm³/mol. The van der Waals surface area contributed by atoms with Crippen LogP contribution in [-0.4, -0.2) is 56.2 Å². The second-order valence-electron chi connectivity index (χ2n) is 5.65. The number of aliphatic hydroxyl groups is 1. The molecule has 0 rings (SSSR count). The highest BCUT2D eigenvalue weighted by Crippen LogP contribution is 2.19. The number of nitrogens with zero attached hydrogens (tertiary/aromatic N) is 1. The van der Waals surface area contributed by atoms with E-state index >= 15 is 0 Å². The maximum Gasteiger partial charge on any atom is 0.338 e. The Morgan fingerprint density at radius 2 is 1.95 bits per heavy atom. The highest BCUT2D eigenvalue weighted by molar-refractivity contribution is 7.88. The lowest BCUT2D eigenvalue weighted by Gasteiger charge is -2.33. The van der Waals surface area contributed by atoms with Gasteiger partial charge in [0.25, 0.3) is 0 Å². The van der Waals surface area contributed by atoms with E-state index in [2.05, 4.69) is 11.6 Å². The van der Waals surface area contributed by atoms with Gasteiger partial charge in [-0.25, -0.2) is 23.0 Å². The molecule has 131 valence electrons. The van der Waals surface area contributed by atoms with Gasteiger partial charge >= 0.3 is 6.03 Å². The van der Waals surface area contributed by atoms with Crippen molar-refractivity contribution in [1.82, 2.24) is 9.79 Å². The quantitative estimate of drug-likeness (QED) is 0.487. The van der Waals surface area contributed by atoms with E-state index < -0.39 is 34.1 Å². The number of primary amides is 1. The van der Waals surface area contributed by atoms with Crippen molar-refractivity contribution >= 4 is 16.1 Å². The van der Waals surface area contributed by atoms with Crippen LogP contribution >= 0.6 is 0 Å². The van der Waals surface area contributed by atoms with Gasteiger partial charge in [-0.2, -0.15) is 0 Å². The molecule has 9 heteroatoms. The second kappa shape index (κ2) is 9.29. The number of nitrogens with two attached hydrogens (primary N) is 1. The first-order valence-corrected chi connectivity index (χ1v) is 9.03. The van der Waals surface area contributed by atoms with Gasteiger partial charge in [0, 0.05) is 12.0 Å². The van der Waals surface area contributed by atoms with Crippen LogP contribution in [0.1, 0.15) is 27.2 Å². The summed E-state index contributed by atoms with van der Waals surface area (Å²) in [7, 11) is -3.44. The van der Waals surface area contributed by atoms with Crippen molar-refractivity contribution in [3.05, 3.63) is 6.92 Å². The van der Waals surface area contributed by atoms with Crippen molar-refractivity contribution in [3.63, 3.8) is 0 Å². The summed E-state index contributed by atoms with van der Waals surface area (Å²) in [5.41, 5.74) is 5.18. The number of hydrogen-bond acceptors (Lipinski definition) is 5. The number of sulfonamides is 1. The molecule has 0 aliphatic heterocycles. The molecule has 3 atom stereocenters. The topological polar surface area (TPSA) is 122 Å². The molecule has 8 nitrogen and oxygen atoms in total. The third kappa shape index (κ3) is 7.92. The minimum atomic E-state index is -3.44. The van der Waals surface area contributed by atoms with Crippen molar-refractivity contribution in [3.8, 4) is 0 Å². The zero-order valence-electron chi connectivity index (χ0n) is 13.7. The molecule has 2 amide bonds. The van der Waals surface area contributed by atoms with Crippen molar-refractivity contribution in [2.45, 2.75) is 39.3 Å². The Morgan fingerprint density at radius 3 is 2.27 bits per heavy atom. The van der Waals surface area contributed by atoms with E-state index in [1.54, 1.807) is 6.92 Å². The van der Waals surface area contributed by atoms with Crippen molar-refractivity contribution in [2.24, 2.45) is 17.6 Å². The number of aliphatic hydroxyl groups excluding tert-OH is 1. The molecule has 1 radical (unpaired) electrons. The van der Waals surface area contributed by atoms with Gasteiger partial charge in [0.05, 0.1) is 25.5 Å². The fraction of sp³-hybridized carbons (Fsp3) is 0.846. The number of carbonyl (C=O) groups is 1. The summed E-state index contributed by atoms with van der Waals surface area (Å²) in [5.74, 6) is -0.616. The van der Waals surface area contributed by atoms with Crippen LogP contribution in [0.15, 0.2) is 0 Å². The van der Waals surface area contributed by atoms with E-state index in [0.29, 0.717) is 6.42 Å². The maximum absolute atomic E-state index is 11.5. The van der Waals surface area contributed by atoms with Crippen LogP contribution in [0.4, 0.5) is 4.79 Å². The summed E-state index contributed by atoms with van der Waals surface area (Å²) in [5, 5.41) is 10.9. The molecule has 0 spiro atoms. The molecule has 0 aliphatic carbocycles. The fourth-order valence-electron chi connectivity index (χ4n) is 2.07. The van der Waals surface area contributed by atoms with Gasteiger partial charge in [-0.3, -0.25) is 4.84 Å². The Morgan fingerprint density at radius 1 is 1.41 bits per heavy atom. The molecule has 0 heterocycles. The normalized spacial score (nSPS) is 16.3. The van der Waals surface area contributed by atoms with Crippen LogP contribution in [-0.2, 0) is 14.9 Å². The van der Waals surface area contributed by atoms with Gasteiger partial charge in [-0.15, -0.1) is 0 Å². The molecule has 0 fully saturated rings. The van der Waals surface area contributed by atoms with Crippen LogP contribution in [0.3, 0.4) is 0 Å². The molecule has 0 aliphatic rings. The van der Waals surface area contributed by atoms with E-state index in [0.717, 1.165) is 11.3 Å². The number of hydroxylamine groups is 2. The lowest BCUT2D eigenvalue weighted by molar-refractivity contribution is -0.141. The lowest BCUT2D eigenvalue weighted by Crippen LogP contribution is -2.50. The van der Waals surface area contributed by atoms with Crippen LogP contribution in [0.25, 0.3) is 0 Å². The first-order valence-electron chi connectivity index (χ1n) is 7.14. The summed E-state index contributed by atoms with van der Waals surface area (Å²) in [6, 6.07) is -1.30. The number of carbonyl (C=O) groups excluding carboxylic acids is 1. The Labute approximate surface area is 133 Å². The molecule has 3 unspecified atom stereocenters. The minimum Gasteiger partial charge on any atom is -0.393 e. The minimum absolute atomic E-state index is 0.0496. The fourth-order valence-corrected chi connectivity index (χ4v) is 3.01. The van der Waals surface area contributed by atoms with Crippen molar-refractivity contribution < 1.29 is 23.2 Å². The number of urea groups is 1. The Balaban J connectivity index is 5.05. The maximum atomic E-state index is 11.5. The molecule has 4 N–H and O–H groups in total. The molecule has 22 heavy (non-hydrogen) atoms. The van der Waals surface area contributed by atoms with E-state index in [1.165, 1.54) is 0 Å².